The fourth-order valence-corrected chi connectivity index (χ4v) is 3.14. The van der Waals surface area contributed by atoms with E-state index in [-0.39, 0.29) is 5.54 Å². The summed E-state index contributed by atoms with van der Waals surface area (Å²) in [6.45, 7) is 7.54. The average molecular weight is 300 g/mol. The summed E-state index contributed by atoms with van der Waals surface area (Å²) in [4.78, 5) is 2.33. The molecule has 1 saturated heterocycles. The molecule has 1 aromatic carbocycles. The first-order chi connectivity index (χ1) is 9.91. The number of benzene rings is 1. The van der Waals surface area contributed by atoms with Crippen molar-refractivity contribution in [1.29, 1.82) is 0 Å². The van der Waals surface area contributed by atoms with Gasteiger partial charge in [0.2, 0.25) is 0 Å². The molecule has 21 heavy (non-hydrogen) atoms. The van der Waals surface area contributed by atoms with Crippen LogP contribution >= 0.6 is 0 Å². The van der Waals surface area contributed by atoms with E-state index in [0.717, 1.165) is 44.1 Å². The van der Waals surface area contributed by atoms with Crippen molar-refractivity contribution >= 4 is 0 Å². The maximum atomic E-state index is 12.8. The van der Waals surface area contributed by atoms with Gasteiger partial charge in [-0.05, 0) is 24.5 Å². The maximum Gasteiger partial charge on any atom is 0.416 e. The first kappa shape index (κ1) is 16.3. The molecule has 1 heterocycles. The lowest BCUT2D eigenvalue weighted by Crippen LogP contribution is -2.60. The van der Waals surface area contributed by atoms with Gasteiger partial charge in [-0.15, -0.1) is 0 Å². The number of piperazine rings is 1. The van der Waals surface area contributed by atoms with Crippen LogP contribution < -0.4 is 5.32 Å². The average Bonchev–Trinajstić information content (AvgIpc) is 2.47. The second-order valence-corrected chi connectivity index (χ2v) is 5.73. The van der Waals surface area contributed by atoms with E-state index in [0.29, 0.717) is 6.54 Å². The summed E-state index contributed by atoms with van der Waals surface area (Å²) in [6, 6.07) is 5.69. The normalized spacial score (nSPS) is 19.7. The van der Waals surface area contributed by atoms with Gasteiger partial charge in [-0.25, -0.2) is 0 Å². The molecule has 2 rings (SSSR count). The van der Waals surface area contributed by atoms with Gasteiger partial charge < -0.3 is 5.32 Å². The summed E-state index contributed by atoms with van der Waals surface area (Å²) in [7, 11) is 0. The van der Waals surface area contributed by atoms with Crippen LogP contribution in [0, 0.1) is 0 Å². The molecule has 1 aromatic rings. The third-order valence-corrected chi connectivity index (χ3v) is 4.63. The van der Waals surface area contributed by atoms with Gasteiger partial charge in [-0.1, -0.05) is 32.0 Å². The lowest BCUT2D eigenvalue weighted by molar-refractivity contribution is -0.137. The highest BCUT2D eigenvalue weighted by Gasteiger charge is 2.36. The Morgan fingerprint density at radius 3 is 2.57 bits per heavy atom. The zero-order valence-electron chi connectivity index (χ0n) is 12.6. The smallest absolute Gasteiger partial charge is 0.314 e. The minimum absolute atomic E-state index is 0.0481. The summed E-state index contributed by atoms with van der Waals surface area (Å²) in [6.07, 6.45) is -2.28. The van der Waals surface area contributed by atoms with Gasteiger partial charge in [0.25, 0.3) is 0 Å². The number of halogens is 3. The number of hydrogen-bond donors (Lipinski definition) is 1. The Balaban J connectivity index is 2.20. The standard InChI is InChI=1S/C16H23F3N2/c1-3-15(4-2)12-20-8-9-21(15)11-13-6-5-7-14(10-13)16(17,18)19/h5-7,10,20H,3-4,8-9,11-12H2,1-2H3. The molecule has 0 aromatic heterocycles. The van der Waals surface area contributed by atoms with Gasteiger partial charge in [0, 0.05) is 31.7 Å². The van der Waals surface area contributed by atoms with E-state index in [4.69, 9.17) is 0 Å². The van der Waals surface area contributed by atoms with Crippen molar-refractivity contribution < 1.29 is 13.2 Å². The molecule has 0 atom stereocenters. The van der Waals surface area contributed by atoms with Gasteiger partial charge in [0.05, 0.1) is 5.56 Å². The number of nitrogens with one attached hydrogen (secondary N) is 1. The van der Waals surface area contributed by atoms with Crippen molar-refractivity contribution in [3.8, 4) is 0 Å². The van der Waals surface area contributed by atoms with Crippen LogP contribution in [0.1, 0.15) is 37.8 Å². The summed E-state index contributed by atoms with van der Waals surface area (Å²) in [5, 5.41) is 3.41. The third kappa shape index (κ3) is 3.58. The molecule has 0 spiro atoms. The third-order valence-electron chi connectivity index (χ3n) is 4.63. The molecule has 0 saturated carbocycles. The lowest BCUT2D eigenvalue weighted by Gasteiger charge is -2.47. The molecular weight excluding hydrogens is 277 g/mol. The molecule has 2 nitrogen and oxygen atoms in total. The first-order valence-corrected chi connectivity index (χ1v) is 7.53. The molecule has 118 valence electrons. The van der Waals surface area contributed by atoms with E-state index in [1.807, 2.05) is 0 Å². The molecular formula is C16H23F3N2. The summed E-state index contributed by atoms with van der Waals surface area (Å²) in [5.41, 5.74) is 0.221. The lowest BCUT2D eigenvalue weighted by atomic mass is 9.88. The number of alkyl halides is 3. The molecule has 1 N–H and O–H groups in total. The van der Waals surface area contributed by atoms with Crippen molar-refractivity contribution in [2.45, 2.75) is 44.9 Å². The van der Waals surface area contributed by atoms with Crippen LogP contribution in [0.15, 0.2) is 24.3 Å². The van der Waals surface area contributed by atoms with E-state index in [2.05, 4.69) is 24.1 Å². The Morgan fingerprint density at radius 2 is 1.95 bits per heavy atom. The zero-order valence-corrected chi connectivity index (χ0v) is 12.6. The Kier molecular flexibility index (Phi) is 4.94. The molecule has 1 aliphatic rings. The Hall–Kier alpha value is -1.07. The Bertz CT molecular complexity index is 467. The number of hydrogen-bond acceptors (Lipinski definition) is 2. The number of rotatable bonds is 4. The van der Waals surface area contributed by atoms with E-state index in [1.165, 1.54) is 12.1 Å². The van der Waals surface area contributed by atoms with Crippen molar-refractivity contribution in [3.05, 3.63) is 35.4 Å². The van der Waals surface area contributed by atoms with Crippen LogP contribution in [0.25, 0.3) is 0 Å². The van der Waals surface area contributed by atoms with Crippen molar-refractivity contribution in [2.75, 3.05) is 19.6 Å². The van der Waals surface area contributed by atoms with Gasteiger partial charge in [0.1, 0.15) is 0 Å². The highest BCUT2D eigenvalue weighted by atomic mass is 19.4. The molecule has 0 bridgehead atoms. The molecule has 5 heteroatoms. The molecule has 0 radical (unpaired) electrons. The Morgan fingerprint density at radius 1 is 1.24 bits per heavy atom. The van der Waals surface area contributed by atoms with Crippen molar-refractivity contribution in [1.82, 2.24) is 10.2 Å². The Labute approximate surface area is 124 Å². The summed E-state index contributed by atoms with van der Waals surface area (Å²) in [5.74, 6) is 0. The van der Waals surface area contributed by atoms with Crippen LogP contribution in [-0.4, -0.2) is 30.1 Å². The largest absolute Gasteiger partial charge is 0.416 e. The highest BCUT2D eigenvalue weighted by Crippen LogP contribution is 2.31. The molecule has 1 fully saturated rings. The molecule has 1 aliphatic heterocycles. The van der Waals surface area contributed by atoms with Crippen molar-refractivity contribution in [2.24, 2.45) is 0 Å². The number of nitrogens with zero attached hydrogens (tertiary/aromatic N) is 1. The van der Waals surface area contributed by atoms with Crippen LogP contribution in [-0.2, 0) is 12.7 Å². The predicted octanol–water partition coefficient (Wildman–Crippen LogP) is 3.67. The monoisotopic (exact) mass is 300 g/mol. The van der Waals surface area contributed by atoms with Gasteiger partial charge in [-0.3, -0.25) is 4.90 Å². The van der Waals surface area contributed by atoms with E-state index >= 15 is 0 Å². The van der Waals surface area contributed by atoms with Crippen LogP contribution in [0.5, 0.6) is 0 Å². The highest BCUT2D eigenvalue weighted by molar-refractivity contribution is 5.26. The van der Waals surface area contributed by atoms with Crippen LogP contribution in [0.4, 0.5) is 13.2 Å². The fraction of sp³-hybridized carbons (Fsp3) is 0.625. The molecule has 0 aliphatic carbocycles. The predicted molar refractivity (Wildman–Crippen MR) is 78.0 cm³/mol. The second kappa shape index (κ2) is 6.36. The summed E-state index contributed by atoms with van der Waals surface area (Å²) >= 11 is 0. The van der Waals surface area contributed by atoms with Gasteiger partial charge >= 0.3 is 6.18 Å². The molecule has 0 unspecified atom stereocenters. The van der Waals surface area contributed by atoms with Gasteiger partial charge in [-0.2, -0.15) is 13.2 Å². The van der Waals surface area contributed by atoms with E-state index < -0.39 is 11.7 Å². The minimum atomic E-state index is -4.27. The fourth-order valence-electron chi connectivity index (χ4n) is 3.14. The van der Waals surface area contributed by atoms with E-state index in [9.17, 15) is 13.2 Å². The summed E-state index contributed by atoms with van der Waals surface area (Å²) < 4.78 is 38.4. The van der Waals surface area contributed by atoms with Crippen LogP contribution in [0.2, 0.25) is 0 Å². The minimum Gasteiger partial charge on any atom is -0.314 e. The maximum absolute atomic E-state index is 12.8. The topological polar surface area (TPSA) is 15.3 Å². The second-order valence-electron chi connectivity index (χ2n) is 5.73. The van der Waals surface area contributed by atoms with Gasteiger partial charge in [0.15, 0.2) is 0 Å². The van der Waals surface area contributed by atoms with E-state index in [1.54, 1.807) is 6.07 Å². The quantitative estimate of drug-likeness (QED) is 0.912. The molecule has 0 amide bonds. The SMILES string of the molecule is CCC1(CC)CNCCN1Cc1cccc(C(F)(F)F)c1. The zero-order chi connectivity index (χ0) is 15.5. The first-order valence-electron chi connectivity index (χ1n) is 7.53. The van der Waals surface area contributed by atoms with Crippen LogP contribution in [0.3, 0.4) is 0 Å². The van der Waals surface area contributed by atoms with Crippen molar-refractivity contribution in [3.63, 3.8) is 0 Å².